The van der Waals surface area contributed by atoms with Crippen molar-refractivity contribution in [3.05, 3.63) is 33.3 Å². The first-order valence-electron chi connectivity index (χ1n) is 5.91. The Morgan fingerprint density at radius 1 is 1.50 bits per heavy atom. The number of carboxylic acid groups (broad SMARTS) is 1. The van der Waals surface area contributed by atoms with E-state index in [0.29, 0.717) is 28.1 Å². The van der Waals surface area contributed by atoms with Crippen LogP contribution in [0, 0.1) is 0 Å². The lowest BCUT2D eigenvalue weighted by atomic mass is 9.95. The summed E-state index contributed by atoms with van der Waals surface area (Å²) >= 11 is 9.14. The van der Waals surface area contributed by atoms with Crippen molar-refractivity contribution >= 4 is 39.4 Å². The highest BCUT2D eigenvalue weighted by Gasteiger charge is 2.43. The summed E-state index contributed by atoms with van der Waals surface area (Å²) in [6.45, 7) is 2.17. The second-order valence-electron chi connectivity index (χ2n) is 4.92. The molecule has 0 saturated carbocycles. The Labute approximate surface area is 129 Å². The average Bonchev–Trinajstić information content (AvgIpc) is 2.32. The molecule has 0 atom stereocenters. The number of rotatable bonds is 4. The highest BCUT2D eigenvalue weighted by molar-refractivity contribution is 9.10. The van der Waals surface area contributed by atoms with Gasteiger partial charge in [0.2, 0.25) is 0 Å². The maximum absolute atomic E-state index is 12.3. The minimum atomic E-state index is -1.02. The topological polar surface area (TPSA) is 66.8 Å². The van der Waals surface area contributed by atoms with E-state index in [4.69, 9.17) is 21.4 Å². The zero-order chi connectivity index (χ0) is 14.9. The number of halogens is 2. The molecule has 5 nitrogen and oxygen atoms in total. The molecule has 1 aliphatic heterocycles. The molecule has 0 unspecified atom stereocenters. The molecule has 0 radical (unpaired) electrons. The van der Waals surface area contributed by atoms with Gasteiger partial charge in [0.1, 0.15) is 12.2 Å². The number of ether oxygens (including phenoxy) is 1. The maximum Gasteiger partial charge on any atom is 0.329 e. The van der Waals surface area contributed by atoms with Crippen LogP contribution in [0.5, 0.6) is 0 Å². The molecule has 0 aromatic heterocycles. The van der Waals surface area contributed by atoms with E-state index in [1.807, 2.05) is 0 Å². The number of hydrogen-bond acceptors (Lipinski definition) is 3. The number of carbonyl (C=O) groups excluding carboxylic acids is 1. The molecule has 1 aliphatic rings. The van der Waals surface area contributed by atoms with Crippen molar-refractivity contribution in [2.45, 2.75) is 12.5 Å². The van der Waals surface area contributed by atoms with Gasteiger partial charge in [-0.15, -0.1) is 0 Å². The first-order valence-corrected chi connectivity index (χ1v) is 7.08. The van der Waals surface area contributed by atoms with Gasteiger partial charge in [-0.1, -0.05) is 11.6 Å². The van der Waals surface area contributed by atoms with Crippen LogP contribution in [0.2, 0.25) is 5.02 Å². The number of benzene rings is 1. The Balaban J connectivity index is 1.98. The van der Waals surface area contributed by atoms with Crippen LogP contribution in [0.3, 0.4) is 0 Å². The summed E-state index contributed by atoms with van der Waals surface area (Å²) in [6.07, 6.45) is 0. The molecule has 1 aromatic rings. The van der Waals surface area contributed by atoms with Gasteiger partial charge in [-0.2, -0.15) is 0 Å². The molecule has 108 valence electrons. The number of likely N-dealkylation sites (tertiary alicyclic amines) is 1. The van der Waals surface area contributed by atoms with Gasteiger partial charge in [0.25, 0.3) is 5.91 Å². The summed E-state index contributed by atoms with van der Waals surface area (Å²) in [7, 11) is 0. The predicted molar refractivity (Wildman–Crippen MR) is 77.0 cm³/mol. The molecular formula is C13H13BrClNO4. The normalized spacial score (nSPS) is 16.6. The van der Waals surface area contributed by atoms with Crippen molar-refractivity contribution in [1.82, 2.24) is 4.90 Å². The molecule has 0 aliphatic carbocycles. The largest absolute Gasteiger partial charge is 0.480 e. The average molecular weight is 363 g/mol. The van der Waals surface area contributed by atoms with Crippen molar-refractivity contribution in [1.29, 1.82) is 0 Å². The zero-order valence-corrected chi connectivity index (χ0v) is 13.1. The van der Waals surface area contributed by atoms with Gasteiger partial charge in [-0.05, 0) is 41.1 Å². The van der Waals surface area contributed by atoms with Gasteiger partial charge in [-0.3, -0.25) is 4.79 Å². The monoisotopic (exact) mass is 361 g/mol. The lowest BCUT2D eigenvalue weighted by molar-refractivity contribution is -0.159. The smallest absolute Gasteiger partial charge is 0.329 e. The van der Waals surface area contributed by atoms with Crippen LogP contribution in [0.4, 0.5) is 0 Å². The van der Waals surface area contributed by atoms with Crippen molar-refractivity contribution in [3.8, 4) is 0 Å². The van der Waals surface area contributed by atoms with Crippen LogP contribution in [0.15, 0.2) is 22.7 Å². The van der Waals surface area contributed by atoms with E-state index in [1.54, 1.807) is 30.0 Å². The zero-order valence-electron chi connectivity index (χ0n) is 10.7. The molecule has 1 amide bonds. The summed E-state index contributed by atoms with van der Waals surface area (Å²) in [4.78, 5) is 24.3. The Kier molecular flexibility index (Phi) is 4.36. The molecule has 0 bridgehead atoms. The summed E-state index contributed by atoms with van der Waals surface area (Å²) in [5, 5.41) is 9.14. The lowest BCUT2D eigenvalue weighted by Crippen LogP contribution is -2.63. The van der Waals surface area contributed by atoms with Crippen molar-refractivity contribution in [3.63, 3.8) is 0 Å². The minimum absolute atomic E-state index is 0.134. The van der Waals surface area contributed by atoms with Gasteiger partial charge in [0.15, 0.2) is 0 Å². The van der Waals surface area contributed by atoms with Gasteiger partial charge in [-0.25, -0.2) is 4.79 Å². The van der Waals surface area contributed by atoms with E-state index in [9.17, 15) is 9.59 Å². The van der Waals surface area contributed by atoms with E-state index in [0.717, 1.165) is 0 Å². The molecule has 2 rings (SSSR count). The van der Waals surface area contributed by atoms with Crippen LogP contribution in [0.1, 0.15) is 17.3 Å². The quantitative estimate of drug-likeness (QED) is 0.893. The van der Waals surface area contributed by atoms with Crippen LogP contribution in [-0.4, -0.2) is 47.2 Å². The SMILES string of the molecule is CC1(OCC(=O)O)CN(C(=O)c2ccc(Cl)cc2Br)C1. The van der Waals surface area contributed by atoms with E-state index < -0.39 is 11.6 Å². The molecule has 20 heavy (non-hydrogen) atoms. The first kappa shape index (κ1) is 15.3. The number of amides is 1. The van der Waals surface area contributed by atoms with Gasteiger partial charge >= 0.3 is 5.97 Å². The minimum Gasteiger partial charge on any atom is -0.480 e. The molecule has 1 aromatic carbocycles. The molecule has 7 heteroatoms. The summed E-state index contributed by atoms with van der Waals surface area (Å²) in [5.74, 6) is -1.15. The molecule has 0 spiro atoms. The Bertz CT molecular complexity index is 557. The fraction of sp³-hybridized carbons (Fsp3) is 0.385. The van der Waals surface area contributed by atoms with E-state index in [-0.39, 0.29) is 12.5 Å². The number of nitrogens with zero attached hydrogens (tertiary/aromatic N) is 1. The third-order valence-corrected chi connectivity index (χ3v) is 3.93. The van der Waals surface area contributed by atoms with E-state index in [2.05, 4.69) is 15.9 Å². The second-order valence-corrected chi connectivity index (χ2v) is 6.21. The fourth-order valence-corrected chi connectivity index (χ4v) is 2.92. The molecule has 1 fully saturated rings. The van der Waals surface area contributed by atoms with E-state index >= 15 is 0 Å². The Hall–Kier alpha value is -1.11. The van der Waals surface area contributed by atoms with E-state index in [1.165, 1.54) is 0 Å². The summed E-state index contributed by atoms with van der Waals surface area (Å²) in [5.41, 5.74) is -0.0675. The third-order valence-electron chi connectivity index (χ3n) is 3.04. The maximum atomic E-state index is 12.3. The van der Waals surface area contributed by atoms with Gasteiger partial charge < -0.3 is 14.7 Å². The van der Waals surface area contributed by atoms with Crippen LogP contribution in [0.25, 0.3) is 0 Å². The molecule has 1 saturated heterocycles. The van der Waals surface area contributed by atoms with Crippen molar-refractivity contribution in [2.24, 2.45) is 0 Å². The van der Waals surface area contributed by atoms with Crippen molar-refractivity contribution in [2.75, 3.05) is 19.7 Å². The molecular weight excluding hydrogens is 350 g/mol. The second kappa shape index (κ2) is 5.71. The van der Waals surface area contributed by atoms with Gasteiger partial charge in [0, 0.05) is 9.50 Å². The Morgan fingerprint density at radius 2 is 2.15 bits per heavy atom. The van der Waals surface area contributed by atoms with Crippen LogP contribution < -0.4 is 0 Å². The highest BCUT2D eigenvalue weighted by atomic mass is 79.9. The fourth-order valence-electron chi connectivity index (χ4n) is 2.07. The van der Waals surface area contributed by atoms with Crippen molar-refractivity contribution < 1.29 is 19.4 Å². The molecule has 1 N–H and O–H groups in total. The number of carbonyl (C=O) groups is 2. The predicted octanol–water partition coefficient (Wildman–Crippen LogP) is 2.42. The standard InChI is InChI=1S/C13H13BrClNO4/c1-13(20-5-11(17)18)6-16(7-13)12(19)9-3-2-8(15)4-10(9)14/h2-4H,5-7H2,1H3,(H,17,18). The number of hydrogen-bond donors (Lipinski definition) is 1. The first-order chi connectivity index (χ1) is 9.31. The number of carboxylic acids is 1. The third kappa shape index (κ3) is 3.31. The summed E-state index contributed by atoms with van der Waals surface area (Å²) in [6, 6.07) is 4.97. The highest BCUT2D eigenvalue weighted by Crippen LogP contribution is 2.29. The Morgan fingerprint density at radius 3 is 2.70 bits per heavy atom. The van der Waals surface area contributed by atoms with Crippen LogP contribution in [-0.2, 0) is 9.53 Å². The summed E-state index contributed by atoms with van der Waals surface area (Å²) < 4.78 is 5.90. The van der Waals surface area contributed by atoms with Crippen LogP contribution >= 0.6 is 27.5 Å². The number of aliphatic carboxylic acids is 1. The molecule has 1 heterocycles. The lowest BCUT2D eigenvalue weighted by Gasteiger charge is -2.47. The van der Waals surface area contributed by atoms with Gasteiger partial charge in [0.05, 0.1) is 18.7 Å².